The zero-order valence-corrected chi connectivity index (χ0v) is 20.6. The Morgan fingerprint density at radius 2 is 1.34 bits per heavy atom. The van der Waals surface area contributed by atoms with Gasteiger partial charge in [-0.2, -0.15) is 0 Å². The molecule has 3 N–H and O–H groups in total. The quantitative estimate of drug-likeness (QED) is 0.332. The topological polar surface area (TPSA) is 92.2 Å². The van der Waals surface area contributed by atoms with E-state index in [1.54, 1.807) is 42.5 Å². The molecular formula is C27H25ClN4O3. The van der Waals surface area contributed by atoms with Gasteiger partial charge in [-0.1, -0.05) is 35.9 Å². The van der Waals surface area contributed by atoms with Crippen LogP contribution >= 0.6 is 11.6 Å². The normalized spacial score (nSPS) is 10.8. The van der Waals surface area contributed by atoms with Crippen molar-refractivity contribution in [1.29, 1.82) is 0 Å². The number of carbonyl (C=O) groups is 3. The number of benzene rings is 3. The van der Waals surface area contributed by atoms with Crippen LogP contribution in [0.2, 0.25) is 5.02 Å². The van der Waals surface area contributed by atoms with E-state index >= 15 is 0 Å². The summed E-state index contributed by atoms with van der Waals surface area (Å²) in [7, 11) is 0. The molecule has 7 nitrogen and oxygen atoms in total. The second kappa shape index (κ2) is 9.64. The summed E-state index contributed by atoms with van der Waals surface area (Å²) in [6.07, 6.45) is 0. The fourth-order valence-corrected chi connectivity index (χ4v) is 3.95. The van der Waals surface area contributed by atoms with Crippen LogP contribution in [0, 0.1) is 27.7 Å². The van der Waals surface area contributed by atoms with Gasteiger partial charge in [-0.3, -0.25) is 19.8 Å². The van der Waals surface area contributed by atoms with Gasteiger partial charge in [0.2, 0.25) is 0 Å². The van der Waals surface area contributed by atoms with Crippen LogP contribution in [0.3, 0.4) is 0 Å². The first-order valence-electron chi connectivity index (χ1n) is 11.0. The summed E-state index contributed by atoms with van der Waals surface area (Å²) < 4.78 is 1.30. The molecule has 4 aromatic rings. The van der Waals surface area contributed by atoms with E-state index in [0.717, 1.165) is 22.3 Å². The van der Waals surface area contributed by atoms with Crippen molar-refractivity contribution in [2.75, 3.05) is 16.1 Å². The van der Waals surface area contributed by atoms with Gasteiger partial charge in [-0.05, 0) is 86.3 Å². The fourth-order valence-electron chi connectivity index (χ4n) is 3.76. The minimum atomic E-state index is -0.917. The van der Waals surface area contributed by atoms with E-state index in [4.69, 9.17) is 11.6 Å². The zero-order chi connectivity index (χ0) is 25.3. The first kappa shape index (κ1) is 24.0. The number of nitrogens with one attached hydrogen (secondary N) is 3. The molecule has 8 heteroatoms. The molecule has 0 bridgehead atoms. The Bertz CT molecular complexity index is 1490. The molecule has 0 aliphatic carbocycles. The molecule has 0 spiro atoms. The van der Waals surface area contributed by atoms with E-state index in [2.05, 4.69) is 16.1 Å². The fraction of sp³-hybridized carbons (Fsp3) is 0.148. The standard InChI is InChI=1S/C27H25ClN4O3/c1-15-7-5-9-21(17(15)3)29-25(33)24-14-19-13-20(28)11-12-23(19)32(24)31-27(35)26(34)30-22-10-6-8-16(2)18(22)4/h5-14H,1-4H3,(H,29,33)(H,30,34)(H,31,35). The summed E-state index contributed by atoms with van der Waals surface area (Å²) in [6, 6.07) is 17.7. The number of carbonyl (C=O) groups excluding carboxylic acids is 3. The summed E-state index contributed by atoms with van der Waals surface area (Å²) in [6.45, 7) is 7.66. The molecule has 0 saturated carbocycles. The van der Waals surface area contributed by atoms with Crippen molar-refractivity contribution in [3.05, 3.63) is 93.6 Å². The highest BCUT2D eigenvalue weighted by Gasteiger charge is 2.22. The van der Waals surface area contributed by atoms with Crippen LogP contribution in [0.5, 0.6) is 0 Å². The monoisotopic (exact) mass is 488 g/mol. The third kappa shape index (κ3) is 4.90. The van der Waals surface area contributed by atoms with Gasteiger partial charge in [0.1, 0.15) is 5.69 Å². The number of anilines is 2. The summed E-state index contributed by atoms with van der Waals surface area (Å²) >= 11 is 6.14. The maximum absolute atomic E-state index is 13.3. The molecule has 0 fully saturated rings. The molecule has 0 atom stereocenters. The van der Waals surface area contributed by atoms with E-state index in [9.17, 15) is 14.4 Å². The number of amides is 3. The molecule has 3 amide bonds. The molecule has 0 aliphatic heterocycles. The maximum atomic E-state index is 13.3. The number of hydrogen-bond acceptors (Lipinski definition) is 3. The molecule has 0 saturated heterocycles. The van der Waals surface area contributed by atoms with Crippen LogP contribution in [0.1, 0.15) is 32.7 Å². The largest absolute Gasteiger partial charge is 0.328 e. The lowest BCUT2D eigenvalue weighted by molar-refractivity contribution is -0.133. The smallest absolute Gasteiger partial charge is 0.320 e. The lowest BCUT2D eigenvalue weighted by atomic mass is 10.1. The van der Waals surface area contributed by atoms with Crippen LogP contribution in [0.25, 0.3) is 10.9 Å². The Kier molecular flexibility index (Phi) is 6.62. The van der Waals surface area contributed by atoms with E-state index in [-0.39, 0.29) is 5.69 Å². The van der Waals surface area contributed by atoms with Crippen LogP contribution in [0.4, 0.5) is 11.4 Å². The van der Waals surface area contributed by atoms with Crippen LogP contribution < -0.4 is 16.1 Å². The number of nitrogens with zero attached hydrogens (tertiary/aromatic N) is 1. The number of aryl methyl sites for hydroxylation is 2. The Morgan fingerprint density at radius 3 is 1.97 bits per heavy atom. The van der Waals surface area contributed by atoms with Crippen LogP contribution in [0.15, 0.2) is 60.7 Å². The molecule has 1 aromatic heterocycles. The van der Waals surface area contributed by atoms with E-state index in [1.165, 1.54) is 4.68 Å². The van der Waals surface area contributed by atoms with E-state index < -0.39 is 17.7 Å². The molecule has 35 heavy (non-hydrogen) atoms. The lowest BCUT2D eigenvalue weighted by Gasteiger charge is -2.15. The van der Waals surface area contributed by atoms with Crippen molar-refractivity contribution in [3.8, 4) is 0 Å². The second-order valence-corrected chi connectivity index (χ2v) is 8.85. The highest BCUT2D eigenvalue weighted by molar-refractivity contribution is 6.42. The summed E-state index contributed by atoms with van der Waals surface area (Å²) in [4.78, 5) is 38.8. The third-order valence-corrected chi connectivity index (χ3v) is 6.36. The maximum Gasteiger partial charge on any atom is 0.328 e. The Hall–Kier alpha value is -4.10. The average molecular weight is 489 g/mol. The molecule has 0 unspecified atom stereocenters. The summed E-state index contributed by atoms with van der Waals surface area (Å²) in [5.41, 5.74) is 8.25. The van der Waals surface area contributed by atoms with Gasteiger partial charge in [-0.25, -0.2) is 4.68 Å². The second-order valence-electron chi connectivity index (χ2n) is 8.41. The van der Waals surface area contributed by atoms with Crippen molar-refractivity contribution >= 4 is 51.6 Å². The van der Waals surface area contributed by atoms with Crippen LogP contribution in [-0.2, 0) is 9.59 Å². The van der Waals surface area contributed by atoms with Gasteiger partial charge in [0.05, 0.1) is 5.52 Å². The van der Waals surface area contributed by atoms with Crippen molar-refractivity contribution in [3.63, 3.8) is 0 Å². The first-order chi connectivity index (χ1) is 16.7. The van der Waals surface area contributed by atoms with Crippen molar-refractivity contribution in [2.24, 2.45) is 0 Å². The van der Waals surface area contributed by atoms with Gasteiger partial charge in [0.15, 0.2) is 0 Å². The average Bonchev–Trinajstić information content (AvgIpc) is 3.17. The van der Waals surface area contributed by atoms with Crippen LogP contribution in [-0.4, -0.2) is 22.4 Å². The summed E-state index contributed by atoms with van der Waals surface area (Å²) in [5, 5.41) is 6.65. The molecule has 1 heterocycles. The summed E-state index contributed by atoms with van der Waals surface area (Å²) in [5.74, 6) is -2.21. The first-order valence-corrected chi connectivity index (χ1v) is 11.4. The molecule has 0 radical (unpaired) electrons. The Labute approximate surface area is 208 Å². The minimum Gasteiger partial charge on any atom is -0.320 e. The number of rotatable bonds is 4. The highest BCUT2D eigenvalue weighted by atomic mass is 35.5. The number of halogens is 1. The van der Waals surface area contributed by atoms with E-state index in [0.29, 0.717) is 27.3 Å². The lowest BCUT2D eigenvalue weighted by Crippen LogP contribution is -2.36. The molecule has 178 valence electrons. The van der Waals surface area contributed by atoms with Crippen molar-refractivity contribution < 1.29 is 14.4 Å². The Morgan fingerprint density at radius 1 is 0.743 bits per heavy atom. The van der Waals surface area contributed by atoms with Gasteiger partial charge >= 0.3 is 11.8 Å². The van der Waals surface area contributed by atoms with Gasteiger partial charge in [0.25, 0.3) is 5.91 Å². The SMILES string of the molecule is Cc1cccc(NC(=O)C(=O)Nn2c(C(=O)Nc3cccc(C)c3C)cc3cc(Cl)ccc32)c1C. The number of hydrogen-bond donors (Lipinski definition) is 3. The predicted octanol–water partition coefficient (Wildman–Crippen LogP) is 5.49. The van der Waals surface area contributed by atoms with E-state index in [1.807, 2.05) is 45.9 Å². The molecule has 0 aliphatic rings. The third-order valence-electron chi connectivity index (χ3n) is 6.12. The molecule has 3 aromatic carbocycles. The number of aromatic nitrogens is 1. The van der Waals surface area contributed by atoms with Gasteiger partial charge in [-0.15, -0.1) is 0 Å². The van der Waals surface area contributed by atoms with Gasteiger partial charge < -0.3 is 10.6 Å². The zero-order valence-electron chi connectivity index (χ0n) is 19.8. The van der Waals surface area contributed by atoms with Crippen molar-refractivity contribution in [1.82, 2.24) is 4.68 Å². The van der Waals surface area contributed by atoms with Gasteiger partial charge in [0, 0.05) is 21.8 Å². The predicted molar refractivity (Wildman–Crippen MR) is 140 cm³/mol. The molecular weight excluding hydrogens is 464 g/mol. The number of fused-ring (bicyclic) bond motifs is 1. The highest BCUT2D eigenvalue weighted by Crippen LogP contribution is 2.25. The Balaban J connectivity index is 1.65. The molecule has 4 rings (SSSR count). The van der Waals surface area contributed by atoms with Crippen molar-refractivity contribution in [2.45, 2.75) is 27.7 Å². The minimum absolute atomic E-state index is 0.149.